The first kappa shape index (κ1) is 20.7. The van der Waals surface area contributed by atoms with Crippen molar-refractivity contribution >= 4 is 27.5 Å². The first-order chi connectivity index (χ1) is 11.3. The summed E-state index contributed by atoms with van der Waals surface area (Å²) in [5.41, 5.74) is 0. The number of rotatable bonds is 10. The number of carbonyl (C=O) groups excluding carboxylic acids is 1. The van der Waals surface area contributed by atoms with Crippen molar-refractivity contribution in [2.75, 3.05) is 13.2 Å². The number of hydrogen-bond donors (Lipinski definition) is 2. The maximum absolute atomic E-state index is 12.4. The standard InChI is InChI=1S/C16H25ClN2O4S/c1-4-6-7-10-18-16(20)12(3)19-24(21,22)13-8-9-15(23-5-2)14(17)11-13/h8-9,11-12,19H,4-7,10H2,1-3H3,(H,18,20)/t12-/m1/s1. The van der Waals surface area contributed by atoms with Gasteiger partial charge in [-0.1, -0.05) is 31.4 Å². The van der Waals surface area contributed by atoms with Gasteiger partial charge in [-0.05, 0) is 38.5 Å². The maximum atomic E-state index is 12.4. The lowest BCUT2D eigenvalue weighted by Gasteiger charge is -2.15. The normalized spacial score (nSPS) is 12.7. The van der Waals surface area contributed by atoms with E-state index in [9.17, 15) is 13.2 Å². The number of nitrogens with one attached hydrogen (secondary N) is 2. The molecule has 1 amide bonds. The van der Waals surface area contributed by atoms with E-state index in [4.69, 9.17) is 16.3 Å². The van der Waals surface area contributed by atoms with Crippen molar-refractivity contribution in [1.82, 2.24) is 10.0 Å². The molecule has 0 saturated heterocycles. The van der Waals surface area contributed by atoms with Gasteiger partial charge in [-0.25, -0.2) is 8.42 Å². The summed E-state index contributed by atoms with van der Waals surface area (Å²) in [5.74, 6) is 0.0616. The van der Waals surface area contributed by atoms with Gasteiger partial charge in [0.15, 0.2) is 0 Å². The molecule has 0 radical (unpaired) electrons. The van der Waals surface area contributed by atoms with Gasteiger partial charge in [0.25, 0.3) is 0 Å². The molecule has 24 heavy (non-hydrogen) atoms. The third kappa shape index (κ3) is 6.30. The fraction of sp³-hybridized carbons (Fsp3) is 0.562. The molecule has 0 heterocycles. The molecule has 0 aliphatic rings. The van der Waals surface area contributed by atoms with Crippen LogP contribution < -0.4 is 14.8 Å². The molecule has 0 unspecified atom stereocenters. The number of benzene rings is 1. The molecule has 0 spiro atoms. The molecule has 136 valence electrons. The van der Waals surface area contributed by atoms with Crippen LogP contribution in [0.2, 0.25) is 5.02 Å². The molecule has 0 aliphatic heterocycles. The molecule has 6 nitrogen and oxygen atoms in total. The van der Waals surface area contributed by atoms with Crippen LogP contribution >= 0.6 is 11.6 Å². The van der Waals surface area contributed by atoms with Gasteiger partial charge in [-0.2, -0.15) is 4.72 Å². The van der Waals surface area contributed by atoms with Crippen LogP contribution in [0, 0.1) is 0 Å². The Hall–Kier alpha value is -1.31. The monoisotopic (exact) mass is 376 g/mol. The van der Waals surface area contributed by atoms with Gasteiger partial charge < -0.3 is 10.1 Å². The number of halogens is 1. The van der Waals surface area contributed by atoms with Crippen molar-refractivity contribution in [1.29, 1.82) is 0 Å². The molecule has 1 atom stereocenters. The highest BCUT2D eigenvalue weighted by molar-refractivity contribution is 7.89. The van der Waals surface area contributed by atoms with Gasteiger partial charge in [0.2, 0.25) is 15.9 Å². The van der Waals surface area contributed by atoms with Crippen LogP contribution in [0.4, 0.5) is 0 Å². The Balaban J connectivity index is 2.71. The Labute approximate surface area is 149 Å². The summed E-state index contributed by atoms with van der Waals surface area (Å²) < 4.78 is 32.3. The molecule has 0 saturated carbocycles. The van der Waals surface area contributed by atoms with Crippen molar-refractivity contribution in [3.63, 3.8) is 0 Å². The molecule has 2 N–H and O–H groups in total. The summed E-state index contributed by atoms with van der Waals surface area (Å²) in [6.07, 6.45) is 2.94. The van der Waals surface area contributed by atoms with E-state index in [-0.39, 0.29) is 15.8 Å². The second-order valence-corrected chi connectivity index (χ2v) is 7.49. The second-order valence-electron chi connectivity index (χ2n) is 5.37. The van der Waals surface area contributed by atoms with E-state index in [1.165, 1.54) is 25.1 Å². The van der Waals surface area contributed by atoms with E-state index in [2.05, 4.69) is 17.0 Å². The van der Waals surface area contributed by atoms with Crippen molar-refractivity contribution in [3.05, 3.63) is 23.2 Å². The fourth-order valence-electron chi connectivity index (χ4n) is 2.02. The van der Waals surface area contributed by atoms with Crippen LogP contribution in [-0.2, 0) is 14.8 Å². The minimum atomic E-state index is -3.84. The zero-order valence-electron chi connectivity index (χ0n) is 14.3. The first-order valence-corrected chi connectivity index (χ1v) is 9.90. The van der Waals surface area contributed by atoms with E-state index in [1.54, 1.807) is 0 Å². The number of unbranched alkanes of at least 4 members (excludes halogenated alkanes) is 2. The average Bonchev–Trinajstić information content (AvgIpc) is 2.53. The molecule has 0 fully saturated rings. The second kappa shape index (κ2) is 9.86. The van der Waals surface area contributed by atoms with Crippen LogP contribution in [0.25, 0.3) is 0 Å². The highest BCUT2D eigenvalue weighted by Crippen LogP contribution is 2.27. The number of hydrogen-bond acceptors (Lipinski definition) is 4. The Morgan fingerprint density at radius 1 is 1.29 bits per heavy atom. The fourth-order valence-corrected chi connectivity index (χ4v) is 3.54. The van der Waals surface area contributed by atoms with Gasteiger partial charge in [0.1, 0.15) is 5.75 Å². The zero-order chi connectivity index (χ0) is 18.2. The SMILES string of the molecule is CCCCCNC(=O)[C@@H](C)NS(=O)(=O)c1ccc(OCC)c(Cl)c1. The zero-order valence-corrected chi connectivity index (χ0v) is 15.8. The molecule has 1 rings (SSSR count). The average molecular weight is 377 g/mol. The molecular weight excluding hydrogens is 352 g/mol. The first-order valence-electron chi connectivity index (χ1n) is 8.04. The molecule has 0 aliphatic carbocycles. The lowest BCUT2D eigenvalue weighted by atomic mass is 10.2. The van der Waals surface area contributed by atoms with Crippen LogP contribution in [0.1, 0.15) is 40.0 Å². The third-order valence-electron chi connectivity index (χ3n) is 3.32. The molecule has 1 aromatic rings. The summed E-state index contributed by atoms with van der Waals surface area (Å²) in [4.78, 5) is 11.9. The van der Waals surface area contributed by atoms with Crippen LogP contribution in [-0.4, -0.2) is 33.5 Å². The van der Waals surface area contributed by atoms with E-state index in [1.807, 2.05) is 6.92 Å². The summed E-state index contributed by atoms with van der Waals surface area (Å²) in [6.45, 7) is 6.35. The summed E-state index contributed by atoms with van der Waals surface area (Å²) in [5, 5.41) is 2.92. The largest absolute Gasteiger partial charge is 0.492 e. The number of ether oxygens (including phenoxy) is 1. The lowest BCUT2D eigenvalue weighted by Crippen LogP contribution is -2.44. The van der Waals surface area contributed by atoms with Gasteiger partial charge in [-0.3, -0.25) is 4.79 Å². The topological polar surface area (TPSA) is 84.5 Å². The predicted molar refractivity (Wildman–Crippen MR) is 94.9 cm³/mol. The van der Waals surface area contributed by atoms with Gasteiger partial charge >= 0.3 is 0 Å². The number of sulfonamides is 1. The van der Waals surface area contributed by atoms with E-state index < -0.39 is 16.1 Å². The Bertz CT molecular complexity index is 649. The minimum Gasteiger partial charge on any atom is -0.492 e. The highest BCUT2D eigenvalue weighted by atomic mass is 35.5. The summed E-state index contributed by atoms with van der Waals surface area (Å²) in [7, 11) is -3.84. The number of amides is 1. The van der Waals surface area contributed by atoms with Crippen molar-refractivity contribution in [2.45, 2.75) is 51.0 Å². The maximum Gasteiger partial charge on any atom is 0.241 e. The van der Waals surface area contributed by atoms with Gasteiger partial charge in [0, 0.05) is 6.54 Å². The van der Waals surface area contributed by atoms with Crippen molar-refractivity contribution in [3.8, 4) is 5.75 Å². The van der Waals surface area contributed by atoms with Gasteiger partial charge in [-0.15, -0.1) is 0 Å². The Kier molecular flexibility index (Phi) is 8.52. The molecule has 0 aromatic heterocycles. The van der Waals surface area contributed by atoms with Gasteiger partial charge in [0.05, 0.1) is 22.6 Å². The van der Waals surface area contributed by atoms with Crippen molar-refractivity contribution < 1.29 is 17.9 Å². The summed E-state index contributed by atoms with van der Waals surface area (Å²) in [6, 6.07) is 3.32. The third-order valence-corrected chi connectivity index (χ3v) is 5.15. The summed E-state index contributed by atoms with van der Waals surface area (Å²) >= 11 is 6.02. The molecule has 8 heteroatoms. The minimum absolute atomic E-state index is 0.0124. The van der Waals surface area contributed by atoms with E-state index >= 15 is 0 Å². The molecule has 0 bridgehead atoms. The van der Waals surface area contributed by atoms with Crippen LogP contribution in [0.5, 0.6) is 5.75 Å². The quantitative estimate of drug-likeness (QED) is 0.615. The molecular formula is C16H25ClN2O4S. The lowest BCUT2D eigenvalue weighted by molar-refractivity contribution is -0.122. The predicted octanol–water partition coefficient (Wildman–Crippen LogP) is 2.71. The van der Waals surface area contributed by atoms with Crippen LogP contribution in [0.15, 0.2) is 23.1 Å². The van der Waals surface area contributed by atoms with Crippen LogP contribution in [0.3, 0.4) is 0 Å². The Morgan fingerprint density at radius 2 is 2.00 bits per heavy atom. The number of carbonyl (C=O) groups is 1. The molecule has 1 aromatic carbocycles. The van der Waals surface area contributed by atoms with Crippen molar-refractivity contribution in [2.24, 2.45) is 0 Å². The Morgan fingerprint density at radius 3 is 2.58 bits per heavy atom. The smallest absolute Gasteiger partial charge is 0.241 e. The highest BCUT2D eigenvalue weighted by Gasteiger charge is 2.22. The van der Waals surface area contributed by atoms with E-state index in [0.29, 0.717) is 18.9 Å². The van der Waals surface area contributed by atoms with E-state index in [0.717, 1.165) is 19.3 Å².